The smallest absolute Gasteiger partial charge is 0.257 e. The van der Waals surface area contributed by atoms with Crippen LogP contribution in [0.1, 0.15) is 50.4 Å². The topological polar surface area (TPSA) is 46.3 Å². The van der Waals surface area contributed by atoms with Crippen molar-refractivity contribution in [3.63, 3.8) is 0 Å². The first-order valence-electron chi connectivity index (χ1n) is 7.56. The maximum Gasteiger partial charge on any atom is 0.257 e. The van der Waals surface area contributed by atoms with E-state index in [2.05, 4.69) is 20.8 Å². The minimum Gasteiger partial charge on any atom is -0.398 e. The lowest BCUT2D eigenvalue weighted by Gasteiger charge is -2.39. The summed E-state index contributed by atoms with van der Waals surface area (Å²) in [4.78, 5) is 15.0. The van der Waals surface area contributed by atoms with Crippen LogP contribution in [0.15, 0.2) is 18.2 Å². The van der Waals surface area contributed by atoms with E-state index in [-0.39, 0.29) is 11.3 Å². The molecule has 2 aliphatic rings. The highest BCUT2D eigenvalue weighted by Gasteiger charge is 2.51. The van der Waals surface area contributed by atoms with Gasteiger partial charge in [0.2, 0.25) is 0 Å². The van der Waals surface area contributed by atoms with Gasteiger partial charge in [-0.1, -0.05) is 38.4 Å². The minimum atomic E-state index is -0.00970. The number of carbonyl (C=O) groups excluding carboxylic acids is 1. The van der Waals surface area contributed by atoms with Crippen LogP contribution in [-0.4, -0.2) is 23.4 Å². The standard InChI is InChI=1S/C17H23ClN2O/c1-16(2)7-11-8-17(3,9-16)10-20(11)15(21)14-12(18)5-4-6-13(14)19/h4-6,11H,7-10,19H2,1-3H3. The van der Waals surface area contributed by atoms with Crippen molar-refractivity contribution in [2.75, 3.05) is 12.3 Å². The van der Waals surface area contributed by atoms with Gasteiger partial charge < -0.3 is 10.6 Å². The maximum absolute atomic E-state index is 12.9. The van der Waals surface area contributed by atoms with Gasteiger partial charge in [-0.05, 0) is 42.2 Å². The SMILES string of the molecule is CC1(C)CC2CC(C)(CN2C(=O)c2c(N)cccc2Cl)C1. The summed E-state index contributed by atoms with van der Waals surface area (Å²) in [6.07, 6.45) is 3.31. The van der Waals surface area contributed by atoms with Crippen molar-refractivity contribution in [2.24, 2.45) is 10.8 Å². The summed E-state index contributed by atoms with van der Waals surface area (Å²) in [6, 6.07) is 5.56. The first-order chi connectivity index (χ1) is 9.71. The van der Waals surface area contributed by atoms with Gasteiger partial charge in [0, 0.05) is 18.3 Å². The molecule has 2 unspecified atom stereocenters. The van der Waals surface area contributed by atoms with Crippen molar-refractivity contribution in [3.8, 4) is 0 Å². The van der Waals surface area contributed by atoms with Crippen LogP contribution in [0, 0.1) is 10.8 Å². The molecule has 0 radical (unpaired) electrons. The molecule has 3 nitrogen and oxygen atoms in total. The van der Waals surface area contributed by atoms with Crippen molar-refractivity contribution in [1.82, 2.24) is 4.90 Å². The van der Waals surface area contributed by atoms with Gasteiger partial charge in [0.05, 0.1) is 10.6 Å². The maximum atomic E-state index is 12.9. The number of nitrogen functional groups attached to an aromatic ring is 1. The van der Waals surface area contributed by atoms with Crippen molar-refractivity contribution in [2.45, 2.75) is 46.1 Å². The van der Waals surface area contributed by atoms with Crippen LogP contribution < -0.4 is 5.73 Å². The molecule has 0 aromatic heterocycles. The zero-order valence-electron chi connectivity index (χ0n) is 12.9. The Morgan fingerprint density at radius 2 is 2.05 bits per heavy atom. The van der Waals surface area contributed by atoms with Crippen LogP contribution >= 0.6 is 11.6 Å². The molecule has 1 amide bonds. The van der Waals surface area contributed by atoms with E-state index in [1.54, 1.807) is 18.2 Å². The van der Waals surface area contributed by atoms with Crippen molar-refractivity contribution < 1.29 is 4.79 Å². The monoisotopic (exact) mass is 306 g/mol. The Bertz CT molecular complexity index is 578. The highest BCUT2D eigenvalue weighted by atomic mass is 35.5. The predicted octanol–water partition coefficient (Wildman–Crippen LogP) is 3.96. The fraction of sp³-hybridized carbons (Fsp3) is 0.588. The summed E-state index contributed by atoms with van der Waals surface area (Å²) >= 11 is 6.21. The van der Waals surface area contributed by atoms with Gasteiger partial charge in [-0.3, -0.25) is 4.79 Å². The molecule has 1 aliphatic heterocycles. The fourth-order valence-corrected chi connectivity index (χ4v) is 4.87. The predicted molar refractivity (Wildman–Crippen MR) is 86.4 cm³/mol. The highest BCUT2D eigenvalue weighted by molar-refractivity contribution is 6.34. The summed E-state index contributed by atoms with van der Waals surface area (Å²) in [6.45, 7) is 7.71. The molecule has 1 aromatic carbocycles. The zero-order chi connectivity index (χ0) is 15.4. The average molecular weight is 307 g/mol. The molecule has 1 aromatic rings. The van der Waals surface area contributed by atoms with E-state index >= 15 is 0 Å². The number of fused-ring (bicyclic) bond motifs is 2. The van der Waals surface area contributed by atoms with Gasteiger partial charge in [-0.25, -0.2) is 0 Å². The van der Waals surface area contributed by atoms with Crippen LogP contribution in [0.25, 0.3) is 0 Å². The number of carbonyl (C=O) groups is 1. The second kappa shape index (κ2) is 4.64. The van der Waals surface area contributed by atoms with Crippen LogP contribution in [0.2, 0.25) is 5.02 Å². The number of nitrogens with zero attached hydrogens (tertiary/aromatic N) is 1. The van der Waals surface area contributed by atoms with Gasteiger partial charge in [0.25, 0.3) is 5.91 Å². The molecule has 1 saturated heterocycles. The number of nitrogens with two attached hydrogens (primary N) is 1. The Morgan fingerprint density at radius 1 is 1.33 bits per heavy atom. The molecule has 2 N–H and O–H groups in total. The molecule has 1 heterocycles. The molecule has 21 heavy (non-hydrogen) atoms. The zero-order valence-corrected chi connectivity index (χ0v) is 13.7. The number of benzene rings is 1. The number of anilines is 1. The summed E-state index contributed by atoms with van der Waals surface area (Å²) in [5, 5.41) is 0.450. The van der Waals surface area contributed by atoms with Crippen LogP contribution in [-0.2, 0) is 0 Å². The van der Waals surface area contributed by atoms with Crippen molar-refractivity contribution >= 4 is 23.2 Å². The third kappa shape index (κ3) is 2.52. The first kappa shape index (κ1) is 14.7. The number of rotatable bonds is 1. The molecule has 2 fully saturated rings. The number of amides is 1. The Labute approximate surface area is 131 Å². The quantitative estimate of drug-likeness (QED) is 0.798. The van der Waals surface area contributed by atoms with Gasteiger partial charge in [-0.15, -0.1) is 0 Å². The fourth-order valence-electron chi connectivity index (χ4n) is 4.61. The van der Waals surface area contributed by atoms with E-state index in [0.717, 1.165) is 25.8 Å². The van der Waals surface area contributed by atoms with Crippen molar-refractivity contribution in [1.29, 1.82) is 0 Å². The van der Waals surface area contributed by atoms with Gasteiger partial charge in [-0.2, -0.15) is 0 Å². The number of likely N-dealkylation sites (tertiary alicyclic amines) is 1. The molecule has 1 aliphatic carbocycles. The second-order valence-corrected chi connectivity index (χ2v) is 8.26. The molecule has 2 atom stereocenters. The van der Waals surface area contributed by atoms with E-state index < -0.39 is 0 Å². The lowest BCUT2D eigenvalue weighted by molar-refractivity contribution is 0.0709. The molecule has 114 valence electrons. The van der Waals surface area contributed by atoms with E-state index in [9.17, 15) is 4.79 Å². The largest absolute Gasteiger partial charge is 0.398 e. The summed E-state index contributed by atoms with van der Waals surface area (Å²) < 4.78 is 0. The van der Waals surface area contributed by atoms with E-state index in [1.807, 2.05) is 4.90 Å². The number of halogens is 1. The Balaban J connectivity index is 1.94. The molecule has 2 bridgehead atoms. The third-order valence-electron chi connectivity index (χ3n) is 4.94. The summed E-state index contributed by atoms with van der Waals surface area (Å²) in [5.41, 5.74) is 7.43. The van der Waals surface area contributed by atoms with Gasteiger partial charge in [0.1, 0.15) is 0 Å². The molecule has 0 spiro atoms. The molecular formula is C17H23ClN2O. The van der Waals surface area contributed by atoms with Crippen molar-refractivity contribution in [3.05, 3.63) is 28.8 Å². The summed E-state index contributed by atoms with van der Waals surface area (Å²) in [5.74, 6) is -0.00970. The van der Waals surface area contributed by atoms with E-state index in [4.69, 9.17) is 17.3 Å². The highest BCUT2D eigenvalue weighted by Crippen LogP contribution is 2.52. The van der Waals surface area contributed by atoms with Gasteiger partial charge in [0.15, 0.2) is 0 Å². The normalized spacial score (nSPS) is 30.5. The molecule has 3 rings (SSSR count). The van der Waals surface area contributed by atoms with E-state index in [0.29, 0.717) is 27.7 Å². The van der Waals surface area contributed by atoms with E-state index in [1.165, 1.54) is 0 Å². The number of hydrogen-bond donors (Lipinski definition) is 1. The average Bonchev–Trinajstić information content (AvgIpc) is 2.58. The lowest BCUT2D eigenvalue weighted by atomic mass is 9.65. The van der Waals surface area contributed by atoms with Crippen LogP contribution in [0.5, 0.6) is 0 Å². The first-order valence-corrected chi connectivity index (χ1v) is 7.94. The minimum absolute atomic E-state index is 0.00970. The molecule has 4 heteroatoms. The Kier molecular flexibility index (Phi) is 3.25. The Hall–Kier alpha value is -1.22. The lowest BCUT2D eigenvalue weighted by Crippen LogP contribution is -2.38. The van der Waals surface area contributed by atoms with Crippen LogP contribution in [0.3, 0.4) is 0 Å². The summed E-state index contributed by atoms with van der Waals surface area (Å²) in [7, 11) is 0. The van der Waals surface area contributed by atoms with Gasteiger partial charge >= 0.3 is 0 Å². The Morgan fingerprint density at radius 3 is 2.71 bits per heavy atom. The second-order valence-electron chi connectivity index (χ2n) is 7.85. The third-order valence-corrected chi connectivity index (χ3v) is 5.25. The number of hydrogen-bond acceptors (Lipinski definition) is 2. The molecule has 1 saturated carbocycles. The van der Waals surface area contributed by atoms with Crippen LogP contribution in [0.4, 0.5) is 5.69 Å². The molecular weight excluding hydrogens is 284 g/mol.